The second-order valence-electron chi connectivity index (χ2n) is 3.21. The van der Waals surface area contributed by atoms with Gasteiger partial charge in [-0.2, -0.15) is 4.80 Å². The zero-order valence-corrected chi connectivity index (χ0v) is 8.68. The minimum Gasteiger partial charge on any atom is -0.347 e. The smallest absolute Gasteiger partial charge is 0.176 e. The van der Waals surface area contributed by atoms with Crippen LogP contribution in [0.1, 0.15) is 17.7 Å². The Hall–Kier alpha value is -1.76. The number of rotatable bonds is 4. The van der Waals surface area contributed by atoms with Gasteiger partial charge in [0.25, 0.3) is 0 Å². The first-order chi connectivity index (χ1) is 7.29. The molecule has 0 saturated heterocycles. The minimum atomic E-state index is 0.0872. The predicted octanol–water partition coefficient (Wildman–Crippen LogP) is -0.564. The first-order valence-corrected chi connectivity index (χ1v) is 4.69. The molecular formula is C8H13N7. The molecule has 2 aromatic rings. The molecule has 15 heavy (non-hydrogen) atoms. The Balaban J connectivity index is 2.09. The molecule has 0 bridgehead atoms. The van der Waals surface area contributed by atoms with E-state index in [2.05, 4.69) is 30.7 Å². The zero-order valence-electron chi connectivity index (χ0n) is 8.68. The molecule has 1 atom stereocenters. The van der Waals surface area contributed by atoms with Gasteiger partial charge in [-0.3, -0.25) is 0 Å². The van der Waals surface area contributed by atoms with Crippen LogP contribution in [-0.2, 0) is 13.5 Å². The van der Waals surface area contributed by atoms with Gasteiger partial charge < -0.3 is 10.3 Å². The third-order valence-electron chi connectivity index (χ3n) is 2.13. The van der Waals surface area contributed by atoms with E-state index < -0.39 is 0 Å². The van der Waals surface area contributed by atoms with Crippen LogP contribution in [-0.4, -0.2) is 37.2 Å². The number of H-pyrrole nitrogens is 1. The molecule has 0 fully saturated rings. The van der Waals surface area contributed by atoms with Crippen LogP contribution in [0, 0.1) is 0 Å². The topological polar surface area (TPSA) is 84.3 Å². The summed E-state index contributed by atoms with van der Waals surface area (Å²) < 4.78 is 0. The van der Waals surface area contributed by atoms with Gasteiger partial charge >= 0.3 is 0 Å². The van der Waals surface area contributed by atoms with Crippen molar-refractivity contribution in [1.82, 2.24) is 35.5 Å². The predicted molar refractivity (Wildman–Crippen MR) is 52.9 cm³/mol. The number of aromatic nitrogens is 6. The molecule has 2 aromatic heterocycles. The molecule has 7 nitrogen and oxygen atoms in total. The normalized spacial score (nSPS) is 12.9. The molecule has 1 unspecified atom stereocenters. The summed E-state index contributed by atoms with van der Waals surface area (Å²) in [5, 5.41) is 15.0. The van der Waals surface area contributed by atoms with Crippen LogP contribution in [0.3, 0.4) is 0 Å². The molecule has 80 valence electrons. The van der Waals surface area contributed by atoms with Crippen molar-refractivity contribution in [3.05, 3.63) is 24.0 Å². The van der Waals surface area contributed by atoms with Gasteiger partial charge in [-0.25, -0.2) is 4.98 Å². The van der Waals surface area contributed by atoms with E-state index in [-0.39, 0.29) is 6.04 Å². The number of imidazole rings is 1. The van der Waals surface area contributed by atoms with E-state index in [1.54, 1.807) is 19.4 Å². The number of nitrogens with one attached hydrogen (secondary N) is 2. The fourth-order valence-electron chi connectivity index (χ4n) is 1.39. The lowest BCUT2D eigenvalue weighted by atomic mass is 10.2. The largest absolute Gasteiger partial charge is 0.347 e. The monoisotopic (exact) mass is 207 g/mol. The van der Waals surface area contributed by atoms with Crippen LogP contribution < -0.4 is 5.32 Å². The van der Waals surface area contributed by atoms with Crippen LogP contribution in [0.15, 0.2) is 12.4 Å². The molecule has 0 saturated carbocycles. The Morgan fingerprint density at radius 2 is 2.47 bits per heavy atom. The van der Waals surface area contributed by atoms with E-state index in [9.17, 15) is 0 Å². The zero-order chi connectivity index (χ0) is 10.7. The van der Waals surface area contributed by atoms with Crippen molar-refractivity contribution in [2.45, 2.75) is 12.5 Å². The van der Waals surface area contributed by atoms with Crippen LogP contribution in [0.2, 0.25) is 0 Å². The third-order valence-corrected chi connectivity index (χ3v) is 2.13. The number of likely N-dealkylation sites (N-methyl/N-ethyl adjacent to an activating group) is 1. The molecule has 0 aromatic carbocycles. The second kappa shape index (κ2) is 4.18. The van der Waals surface area contributed by atoms with Gasteiger partial charge in [-0.1, -0.05) is 0 Å². The van der Waals surface area contributed by atoms with Crippen LogP contribution in [0.25, 0.3) is 0 Å². The van der Waals surface area contributed by atoms with Gasteiger partial charge in [-0.05, 0) is 12.3 Å². The summed E-state index contributed by atoms with van der Waals surface area (Å²) >= 11 is 0. The lowest BCUT2D eigenvalue weighted by molar-refractivity contribution is 0.545. The highest BCUT2D eigenvalue weighted by Crippen LogP contribution is 2.10. The lowest BCUT2D eigenvalue weighted by Crippen LogP contribution is -2.20. The quantitative estimate of drug-likeness (QED) is 0.701. The summed E-state index contributed by atoms with van der Waals surface area (Å²) in [6.07, 6.45) is 4.19. The molecule has 0 aliphatic rings. The summed E-state index contributed by atoms with van der Waals surface area (Å²) in [7, 11) is 3.63. The molecule has 0 spiro atoms. The van der Waals surface area contributed by atoms with Gasteiger partial charge in [0.05, 0.1) is 13.1 Å². The first-order valence-electron chi connectivity index (χ1n) is 4.69. The number of nitrogens with zero attached hydrogens (tertiary/aromatic N) is 5. The summed E-state index contributed by atoms with van der Waals surface area (Å²) in [4.78, 5) is 8.70. The van der Waals surface area contributed by atoms with Crippen molar-refractivity contribution < 1.29 is 0 Å². The van der Waals surface area contributed by atoms with Crippen LogP contribution in [0.4, 0.5) is 0 Å². The van der Waals surface area contributed by atoms with E-state index in [1.807, 2.05) is 7.05 Å². The number of hydrogen-bond acceptors (Lipinski definition) is 5. The van der Waals surface area contributed by atoms with Gasteiger partial charge in [0.15, 0.2) is 5.82 Å². The summed E-state index contributed by atoms with van der Waals surface area (Å²) in [6.45, 7) is 0. The molecule has 2 N–H and O–H groups in total. The Labute approximate surface area is 86.9 Å². The number of tetrazole rings is 1. The van der Waals surface area contributed by atoms with Crippen molar-refractivity contribution in [3.63, 3.8) is 0 Å². The van der Waals surface area contributed by atoms with Crippen LogP contribution >= 0.6 is 0 Å². The SMILES string of the molecule is CNC(Cc1nnn(C)n1)c1ncc[nH]1. The van der Waals surface area contributed by atoms with E-state index >= 15 is 0 Å². The lowest BCUT2D eigenvalue weighted by Gasteiger charge is -2.10. The van der Waals surface area contributed by atoms with Crippen LogP contribution in [0.5, 0.6) is 0 Å². The average Bonchev–Trinajstić information content (AvgIpc) is 2.85. The Morgan fingerprint density at radius 1 is 1.60 bits per heavy atom. The molecule has 0 aliphatic carbocycles. The van der Waals surface area contributed by atoms with E-state index in [0.717, 1.165) is 5.82 Å². The van der Waals surface area contributed by atoms with E-state index in [0.29, 0.717) is 12.2 Å². The van der Waals surface area contributed by atoms with Crippen molar-refractivity contribution in [2.24, 2.45) is 7.05 Å². The fraction of sp³-hybridized carbons (Fsp3) is 0.500. The van der Waals surface area contributed by atoms with Gasteiger partial charge in [0.2, 0.25) is 0 Å². The summed E-state index contributed by atoms with van der Waals surface area (Å²) in [5.41, 5.74) is 0. The molecule has 0 amide bonds. The van der Waals surface area contributed by atoms with Crippen molar-refractivity contribution in [3.8, 4) is 0 Å². The molecule has 2 rings (SSSR count). The Morgan fingerprint density at radius 3 is 3.00 bits per heavy atom. The number of aryl methyl sites for hydroxylation is 1. The highest BCUT2D eigenvalue weighted by molar-refractivity contribution is 4.99. The number of hydrogen-bond donors (Lipinski definition) is 2. The van der Waals surface area contributed by atoms with Gasteiger partial charge in [0.1, 0.15) is 5.82 Å². The van der Waals surface area contributed by atoms with Crippen molar-refractivity contribution in [1.29, 1.82) is 0 Å². The standard InChI is InChI=1S/C8H13N7/c1-9-6(8-10-3-4-11-8)5-7-12-14-15(2)13-7/h3-4,6,9H,5H2,1-2H3,(H,10,11). The highest BCUT2D eigenvalue weighted by Gasteiger charge is 2.14. The van der Waals surface area contributed by atoms with E-state index in [4.69, 9.17) is 0 Å². The Kier molecular flexibility index (Phi) is 2.72. The van der Waals surface area contributed by atoms with Crippen molar-refractivity contribution >= 4 is 0 Å². The van der Waals surface area contributed by atoms with Gasteiger partial charge in [0, 0.05) is 18.8 Å². The minimum absolute atomic E-state index is 0.0872. The molecule has 7 heteroatoms. The van der Waals surface area contributed by atoms with Gasteiger partial charge in [-0.15, -0.1) is 10.2 Å². The Bertz CT molecular complexity index is 404. The second-order valence-corrected chi connectivity index (χ2v) is 3.21. The maximum Gasteiger partial charge on any atom is 0.176 e. The molecule has 0 aliphatic heterocycles. The number of aromatic amines is 1. The van der Waals surface area contributed by atoms with E-state index in [1.165, 1.54) is 4.80 Å². The van der Waals surface area contributed by atoms with Crippen molar-refractivity contribution in [2.75, 3.05) is 7.05 Å². The third kappa shape index (κ3) is 2.18. The first kappa shape index (κ1) is 9.78. The highest BCUT2D eigenvalue weighted by atomic mass is 15.6. The average molecular weight is 207 g/mol. The molecule has 0 radical (unpaired) electrons. The maximum absolute atomic E-state index is 4.19. The molecule has 2 heterocycles. The summed E-state index contributed by atoms with van der Waals surface area (Å²) in [5.74, 6) is 1.58. The molecular weight excluding hydrogens is 194 g/mol. The maximum atomic E-state index is 4.19. The summed E-state index contributed by atoms with van der Waals surface area (Å²) in [6, 6.07) is 0.0872. The fourth-order valence-corrected chi connectivity index (χ4v) is 1.39.